The van der Waals surface area contributed by atoms with Gasteiger partial charge in [0.2, 0.25) is 17.7 Å². The van der Waals surface area contributed by atoms with Gasteiger partial charge in [-0.3, -0.25) is 33.6 Å². The summed E-state index contributed by atoms with van der Waals surface area (Å²) >= 11 is 23.8. The van der Waals surface area contributed by atoms with Gasteiger partial charge in [-0.25, -0.2) is 15.0 Å². The molecule has 0 spiro atoms. The summed E-state index contributed by atoms with van der Waals surface area (Å²) < 4.78 is 2.00. The zero-order valence-corrected chi connectivity index (χ0v) is 61.3. The first-order valence-corrected chi connectivity index (χ1v) is 36.7. The molecule has 4 saturated carbocycles. The Balaban J connectivity index is 0.000000124. The van der Waals surface area contributed by atoms with Gasteiger partial charge in [0.15, 0.2) is 15.4 Å². The van der Waals surface area contributed by atoms with Crippen LogP contribution >= 0.6 is 89.1 Å². The molecule has 7 aromatic rings. The average Bonchev–Trinajstić information content (AvgIpc) is 1.45. The summed E-state index contributed by atoms with van der Waals surface area (Å²) in [7, 11) is 0. The molecule has 8 aliphatic rings. The summed E-state index contributed by atoms with van der Waals surface area (Å²) in [6, 6.07) is 20.9. The molecule has 0 unspecified atom stereocenters. The fourth-order valence-electron chi connectivity index (χ4n) is 12.7. The lowest BCUT2D eigenvalue weighted by Crippen LogP contribution is -2.34. The summed E-state index contributed by atoms with van der Waals surface area (Å²) in [6.07, 6.45) is 9.93. The third kappa shape index (κ3) is 15.9. The van der Waals surface area contributed by atoms with Crippen LogP contribution in [0.3, 0.4) is 0 Å². The minimum atomic E-state index is -0.146. The number of hydrogen-bond acceptors (Lipinski definition) is 13. The van der Waals surface area contributed by atoms with Gasteiger partial charge in [0.05, 0.1) is 48.0 Å². The number of nitrogens with one attached hydrogen (secondary N) is 3. The number of benzene rings is 4. The van der Waals surface area contributed by atoms with E-state index in [2.05, 4.69) is 103 Å². The third-order valence-corrected chi connectivity index (χ3v) is 23.2. The molecular formula is C70H76Br2Cl2N10O7S3. The van der Waals surface area contributed by atoms with Gasteiger partial charge in [-0.05, 0) is 211 Å². The molecule has 4 fully saturated rings. The summed E-state index contributed by atoms with van der Waals surface area (Å²) in [6.45, 7) is 21.5. The first-order valence-electron chi connectivity index (χ1n) is 31.9. The second-order valence-electron chi connectivity index (χ2n) is 25.8. The Morgan fingerprint density at radius 1 is 0.479 bits per heavy atom. The third-order valence-electron chi connectivity index (χ3n) is 18.5. The Hall–Kier alpha value is -6.40. The average molecular weight is 1500 g/mol. The van der Waals surface area contributed by atoms with E-state index in [9.17, 15) is 33.6 Å². The van der Waals surface area contributed by atoms with Gasteiger partial charge in [-0.2, -0.15) is 0 Å². The van der Waals surface area contributed by atoms with Crippen molar-refractivity contribution in [1.29, 1.82) is 0 Å². The second kappa shape index (κ2) is 28.7. The number of hydrogen-bond donors (Lipinski definition) is 3. The van der Waals surface area contributed by atoms with E-state index in [0.717, 1.165) is 92.8 Å². The van der Waals surface area contributed by atoms with Crippen molar-refractivity contribution in [3.63, 3.8) is 0 Å². The van der Waals surface area contributed by atoms with Crippen molar-refractivity contribution in [1.82, 2.24) is 34.6 Å². The smallest absolute Gasteiger partial charge is 0.256 e. The number of thiazole rings is 3. The molecule has 3 N–H and O–H groups in total. The maximum Gasteiger partial charge on any atom is 0.256 e. The summed E-state index contributed by atoms with van der Waals surface area (Å²) in [5, 5.41) is 12.9. The van der Waals surface area contributed by atoms with Gasteiger partial charge in [-0.1, -0.05) is 83.8 Å². The highest BCUT2D eigenvalue weighted by Gasteiger charge is 2.43. The molecule has 0 saturated heterocycles. The van der Waals surface area contributed by atoms with Crippen molar-refractivity contribution in [3.05, 3.63) is 147 Å². The van der Waals surface area contributed by atoms with E-state index in [1.54, 1.807) is 6.07 Å². The van der Waals surface area contributed by atoms with Gasteiger partial charge in [0.25, 0.3) is 23.6 Å². The van der Waals surface area contributed by atoms with Gasteiger partial charge in [0, 0.05) is 96.6 Å². The number of carbonyl (C=O) groups excluding carboxylic acids is 7. The van der Waals surface area contributed by atoms with Crippen molar-refractivity contribution in [2.75, 3.05) is 16.0 Å². The van der Waals surface area contributed by atoms with Crippen LogP contribution in [0.5, 0.6) is 0 Å². The highest BCUT2D eigenvalue weighted by molar-refractivity contribution is 9.10. The number of fused-ring (bicyclic) bond motifs is 4. The molecule has 24 heteroatoms. The van der Waals surface area contributed by atoms with Crippen molar-refractivity contribution < 1.29 is 33.6 Å². The van der Waals surface area contributed by atoms with Crippen LogP contribution in [0.25, 0.3) is 20.9 Å². The zero-order valence-electron chi connectivity index (χ0n) is 54.2. The summed E-state index contributed by atoms with van der Waals surface area (Å²) in [4.78, 5) is 106. The number of halogens is 4. The molecule has 94 heavy (non-hydrogen) atoms. The van der Waals surface area contributed by atoms with Crippen LogP contribution < -0.4 is 16.0 Å². The lowest BCUT2D eigenvalue weighted by molar-refractivity contribution is -0.115. The van der Waals surface area contributed by atoms with E-state index >= 15 is 0 Å². The van der Waals surface area contributed by atoms with Gasteiger partial charge in [-0.15, -0.1) is 11.3 Å². The number of nitrogens with zero attached hydrogens (tertiary/aromatic N) is 7. The number of aryl methyl sites for hydroxylation is 3. The highest BCUT2D eigenvalue weighted by Crippen LogP contribution is 2.45. The number of anilines is 3. The standard InChI is InChI=1S/C19H20ClN3O2S.C19H21N3O2S.C13H13BrClNO.C13H14BrNO.C6H8N2OS/c1-9-17(26-19(21-9)22-11(3)24)13-6-14-8-23(10(2)12-4-5-12)18(25)16(14)15(20)7-13;1-10-17(25-19(20-10)21-12(3)23)14-6-7-16-15(8-14)9-22(18(16)24)11(2)13-4-5-13;1-7(8-2-3-8)16-6-9-4-10(14)5-11(15)12(9)13(16)17;1-8(9-2-3-9)15-7-10-6-11(14)4-5-12(10)13(15)16;1-4-3-10-6(7-4)8-5(2)9/h6-7,10,12H,4-5,8H2,1-3H3,(H,21,22,24);6-8,11,13H,4-5,9H2,1-3H3,(H,20,21,23);4-5,7-8H,2-3,6H2,1H3;4-6,8-9H,2-3,7H2,1H3;3H,1-2H3,(H,7,8,9)/t10-;11-;7-;8-;/m0000./s1. The number of carbonyl (C=O) groups is 7. The Morgan fingerprint density at radius 2 is 0.851 bits per heavy atom. The predicted octanol–water partition coefficient (Wildman–Crippen LogP) is 16.8. The molecule has 7 amide bonds. The topological polar surface area (TPSA) is 207 Å². The quantitative estimate of drug-likeness (QED) is 0.0995. The molecule has 0 radical (unpaired) electrons. The van der Waals surface area contributed by atoms with Crippen LogP contribution in [0.2, 0.25) is 10.0 Å². The minimum absolute atomic E-state index is 0.0379. The fourth-order valence-corrected chi connectivity index (χ4v) is 17.1. The SMILES string of the molecule is CC(=O)Nc1nc(C)c(-c2cc(Cl)c3c(c2)CN([C@@H](C)C2CC2)C3=O)s1.CC(=O)Nc1nc(C)c(-c2ccc3c(c2)CN([C@@H](C)C2CC2)C3=O)s1.CC(=O)Nc1nc(C)cs1.C[C@@H](C1CC1)N1Cc2cc(Br)cc(Cl)c2C1=O.C[C@@H](C1CC1)N1Cc2cc(Br)ccc2C1=O. The van der Waals surface area contributed by atoms with Crippen molar-refractivity contribution >= 4 is 146 Å². The van der Waals surface area contributed by atoms with E-state index in [1.807, 2.05) is 88.2 Å². The Kier molecular flexibility index (Phi) is 21.1. The summed E-state index contributed by atoms with van der Waals surface area (Å²) in [5.74, 6) is 2.87. The molecule has 4 atom stereocenters. The van der Waals surface area contributed by atoms with E-state index < -0.39 is 0 Å². The largest absolute Gasteiger partial charge is 0.331 e. The first kappa shape index (κ1) is 69.0. The summed E-state index contributed by atoms with van der Waals surface area (Å²) in [5.41, 5.74) is 12.0. The molecule has 4 aliphatic carbocycles. The van der Waals surface area contributed by atoms with E-state index in [-0.39, 0.29) is 47.4 Å². The fraction of sp³-hybridized carbons (Fsp3) is 0.429. The molecule has 3 aromatic heterocycles. The lowest BCUT2D eigenvalue weighted by atomic mass is 10.0. The van der Waals surface area contributed by atoms with Crippen molar-refractivity contribution in [3.8, 4) is 20.9 Å². The maximum atomic E-state index is 12.8. The van der Waals surface area contributed by atoms with Crippen molar-refractivity contribution in [2.24, 2.45) is 23.7 Å². The normalized spacial score (nSPS) is 17.8. The molecule has 4 aromatic carbocycles. The van der Waals surface area contributed by atoms with E-state index in [4.69, 9.17) is 23.2 Å². The van der Waals surface area contributed by atoms with Crippen molar-refractivity contribution in [2.45, 2.75) is 171 Å². The van der Waals surface area contributed by atoms with Crippen LogP contribution in [0, 0.1) is 44.4 Å². The minimum Gasteiger partial charge on any atom is -0.331 e. The number of rotatable bonds is 13. The molecule has 0 bridgehead atoms. The monoisotopic (exact) mass is 1490 g/mol. The molecule has 17 nitrogen and oxygen atoms in total. The first-order chi connectivity index (χ1) is 44.7. The van der Waals surface area contributed by atoms with E-state index in [0.29, 0.717) is 92.1 Å². The maximum absolute atomic E-state index is 12.8. The van der Waals surface area contributed by atoms with E-state index in [1.165, 1.54) is 106 Å². The van der Waals surface area contributed by atoms with Crippen LogP contribution in [0.15, 0.2) is 75.0 Å². The number of amides is 7. The van der Waals surface area contributed by atoms with Gasteiger partial charge >= 0.3 is 0 Å². The molecule has 494 valence electrons. The Labute approximate surface area is 587 Å². The molecule has 4 aliphatic heterocycles. The Morgan fingerprint density at radius 3 is 1.29 bits per heavy atom. The molecular weight excluding hydrogens is 1420 g/mol. The number of aromatic nitrogens is 3. The molecule has 7 heterocycles. The highest BCUT2D eigenvalue weighted by atomic mass is 79.9. The Bertz CT molecular complexity index is 4160. The van der Waals surface area contributed by atoms with Gasteiger partial charge in [0.1, 0.15) is 0 Å². The van der Waals surface area contributed by atoms with Crippen LogP contribution in [-0.2, 0) is 40.6 Å². The zero-order chi connectivity index (χ0) is 67.3. The lowest BCUT2D eigenvalue weighted by Gasteiger charge is -2.23. The van der Waals surface area contributed by atoms with Crippen LogP contribution in [0.1, 0.15) is 181 Å². The van der Waals surface area contributed by atoms with Crippen LogP contribution in [-0.4, -0.2) is 100 Å². The second-order valence-corrected chi connectivity index (χ2v) is 31.3. The van der Waals surface area contributed by atoms with Gasteiger partial charge < -0.3 is 35.6 Å². The predicted molar refractivity (Wildman–Crippen MR) is 381 cm³/mol. The van der Waals surface area contributed by atoms with Crippen LogP contribution in [0.4, 0.5) is 15.4 Å². The molecule has 15 rings (SSSR count).